The summed E-state index contributed by atoms with van der Waals surface area (Å²) in [4.78, 5) is 21.3. The summed E-state index contributed by atoms with van der Waals surface area (Å²) in [6.07, 6.45) is 0. The molecule has 1 aromatic heterocycles. The smallest absolute Gasteiger partial charge is 0.345 e. The Bertz CT molecular complexity index is 677. The molecule has 0 aliphatic heterocycles. The summed E-state index contributed by atoms with van der Waals surface area (Å²) in [7, 11) is 0. The maximum absolute atomic E-state index is 12.3. The SMILES string of the molecule is CCNc1nc(-c2ccccc2)nc(NCCO)c1C(=O)OCC. The Kier molecular flexibility index (Phi) is 6.51. The average Bonchev–Trinajstić information content (AvgIpc) is 2.60. The van der Waals surface area contributed by atoms with Crippen LogP contribution in [0.25, 0.3) is 11.4 Å². The van der Waals surface area contributed by atoms with Crippen LogP contribution in [-0.2, 0) is 4.74 Å². The second-order valence-corrected chi connectivity index (χ2v) is 4.89. The molecule has 0 bridgehead atoms. The molecule has 1 aromatic carbocycles. The molecule has 3 N–H and O–H groups in total. The minimum atomic E-state index is -0.506. The maximum atomic E-state index is 12.3. The fraction of sp³-hybridized carbons (Fsp3) is 0.353. The molecule has 0 aliphatic rings. The Labute approximate surface area is 141 Å². The van der Waals surface area contributed by atoms with Crippen molar-refractivity contribution in [1.82, 2.24) is 9.97 Å². The van der Waals surface area contributed by atoms with Gasteiger partial charge in [0.1, 0.15) is 17.2 Å². The largest absolute Gasteiger partial charge is 0.462 e. The first-order chi connectivity index (χ1) is 11.7. The number of aromatic nitrogens is 2. The first-order valence-electron chi connectivity index (χ1n) is 7.94. The summed E-state index contributed by atoms with van der Waals surface area (Å²) in [5, 5.41) is 15.1. The Balaban J connectivity index is 2.56. The van der Waals surface area contributed by atoms with Crippen LogP contribution < -0.4 is 10.6 Å². The van der Waals surface area contributed by atoms with E-state index in [0.29, 0.717) is 24.0 Å². The van der Waals surface area contributed by atoms with E-state index < -0.39 is 5.97 Å². The van der Waals surface area contributed by atoms with Crippen molar-refractivity contribution in [2.45, 2.75) is 13.8 Å². The van der Waals surface area contributed by atoms with Crippen LogP contribution in [0.5, 0.6) is 0 Å². The zero-order valence-corrected chi connectivity index (χ0v) is 13.9. The zero-order valence-electron chi connectivity index (χ0n) is 13.9. The van der Waals surface area contributed by atoms with Gasteiger partial charge in [-0.15, -0.1) is 0 Å². The third-order valence-electron chi connectivity index (χ3n) is 3.17. The van der Waals surface area contributed by atoms with E-state index in [1.54, 1.807) is 6.92 Å². The van der Waals surface area contributed by atoms with Crippen molar-refractivity contribution in [2.24, 2.45) is 0 Å². The number of nitrogens with one attached hydrogen (secondary N) is 2. The van der Waals surface area contributed by atoms with Crippen LogP contribution in [-0.4, -0.2) is 47.3 Å². The second-order valence-electron chi connectivity index (χ2n) is 4.89. The molecule has 0 saturated heterocycles. The molecule has 0 amide bonds. The van der Waals surface area contributed by atoms with Gasteiger partial charge in [-0.2, -0.15) is 0 Å². The molecule has 7 heteroatoms. The van der Waals surface area contributed by atoms with Crippen LogP contribution in [0.4, 0.5) is 11.6 Å². The summed E-state index contributed by atoms with van der Waals surface area (Å²) in [6, 6.07) is 9.49. The van der Waals surface area contributed by atoms with E-state index in [-0.39, 0.29) is 25.3 Å². The van der Waals surface area contributed by atoms with E-state index in [4.69, 9.17) is 9.84 Å². The number of aliphatic hydroxyl groups is 1. The van der Waals surface area contributed by atoms with Gasteiger partial charge in [0.25, 0.3) is 0 Å². The van der Waals surface area contributed by atoms with Crippen molar-refractivity contribution in [3.05, 3.63) is 35.9 Å². The van der Waals surface area contributed by atoms with Gasteiger partial charge in [0.2, 0.25) is 0 Å². The summed E-state index contributed by atoms with van der Waals surface area (Å²) in [6.45, 7) is 4.69. The Morgan fingerprint density at radius 1 is 1.12 bits per heavy atom. The molecule has 128 valence electrons. The number of hydrogen-bond donors (Lipinski definition) is 3. The van der Waals surface area contributed by atoms with Crippen LogP contribution in [0.3, 0.4) is 0 Å². The van der Waals surface area contributed by atoms with Crippen molar-refractivity contribution < 1.29 is 14.6 Å². The highest BCUT2D eigenvalue weighted by Gasteiger charge is 2.22. The predicted molar refractivity (Wildman–Crippen MR) is 93.2 cm³/mol. The van der Waals surface area contributed by atoms with Crippen molar-refractivity contribution in [1.29, 1.82) is 0 Å². The minimum Gasteiger partial charge on any atom is -0.462 e. The lowest BCUT2D eigenvalue weighted by atomic mass is 10.2. The number of hydrogen-bond acceptors (Lipinski definition) is 7. The zero-order chi connectivity index (χ0) is 17.4. The highest BCUT2D eigenvalue weighted by atomic mass is 16.5. The number of nitrogens with zero attached hydrogens (tertiary/aromatic N) is 2. The highest BCUT2D eigenvalue weighted by molar-refractivity contribution is 6.00. The number of rotatable bonds is 8. The van der Waals surface area contributed by atoms with Crippen LogP contribution in [0.15, 0.2) is 30.3 Å². The number of benzene rings is 1. The molecule has 0 aliphatic carbocycles. The monoisotopic (exact) mass is 330 g/mol. The van der Waals surface area contributed by atoms with E-state index in [9.17, 15) is 4.79 Å². The van der Waals surface area contributed by atoms with Crippen molar-refractivity contribution in [2.75, 3.05) is 36.9 Å². The molecule has 0 saturated carbocycles. The first-order valence-corrected chi connectivity index (χ1v) is 7.94. The predicted octanol–water partition coefficient (Wildman–Crippen LogP) is 2.16. The van der Waals surface area contributed by atoms with Crippen LogP contribution in [0.1, 0.15) is 24.2 Å². The van der Waals surface area contributed by atoms with Gasteiger partial charge in [-0.1, -0.05) is 30.3 Å². The summed E-state index contributed by atoms with van der Waals surface area (Å²) >= 11 is 0. The Morgan fingerprint density at radius 3 is 2.38 bits per heavy atom. The van der Waals surface area contributed by atoms with Crippen molar-refractivity contribution in [3.63, 3.8) is 0 Å². The quantitative estimate of drug-likeness (QED) is 0.638. The summed E-state index contributed by atoms with van der Waals surface area (Å²) < 4.78 is 5.12. The van der Waals surface area contributed by atoms with Gasteiger partial charge in [-0.05, 0) is 13.8 Å². The molecule has 2 rings (SSSR count). The standard InChI is InChI=1S/C17H22N4O3/c1-3-18-15-13(17(23)24-4-2)16(19-10-11-22)21-14(20-15)12-8-6-5-7-9-12/h5-9,22H,3-4,10-11H2,1-2H3,(H2,18,19,20,21). The molecule has 7 nitrogen and oxygen atoms in total. The van der Waals surface area contributed by atoms with Gasteiger partial charge in [0.15, 0.2) is 5.82 Å². The van der Waals surface area contributed by atoms with Gasteiger partial charge in [-0.3, -0.25) is 0 Å². The van der Waals surface area contributed by atoms with Gasteiger partial charge < -0.3 is 20.5 Å². The molecule has 2 aromatic rings. The molecule has 0 radical (unpaired) electrons. The van der Waals surface area contributed by atoms with E-state index in [2.05, 4.69) is 20.6 Å². The number of aliphatic hydroxyl groups excluding tert-OH is 1. The summed E-state index contributed by atoms with van der Waals surface area (Å²) in [5.74, 6) is 0.728. The normalized spacial score (nSPS) is 10.3. The molecule has 1 heterocycles. The third-order valence-corrected chi connectivity index (χ3v) is 3.17. The Morgan fingerprint density at radius 2 is 1.79 bits per heavy atom. The van der Waals surface area contributed by atoms with Gasteiger partial charge in [-0.25, -0.2) is 14.8 Å². The van der Waals surface area contributed by atoms with E-state index in [0.717, 1.165) is 5.56 Å². The second kappa shape index (κ2) is 8.83. The van der Waals surface area contributed by atoms with E-state index in [1.165, 1.54) is 0 Å². The maximum Gasteiger partial charge on any atom is 0.345 e. The molecular formula is C17H22N4O3. The van der Waals surface area contributed by atoms with Gasteiger partial charge >= 0.3 is 5.97 Å². The molecular weight excluding hydrogens is 308 g/mol. The van der Waals surface area contributed by atoms with Crippen LogP contribution in [0, 0.1) is 0 Å². The van der Waals surface area contributed by atoms with Crippen LogP contribution >= 0.6 is 0 Å². The number of ether oxygens (including phenoxy) is 1. The molecule has 0 fully saturated rings. The van der Waals surface area contributed by atoms with Gasteiger partial charge in [0, 0.05) is 18.7 Å². The highest BCUT2D eigenvalue weighted by Crippen LogP contribution is 2.26. The Hall–Kier alpha value is -2.67. The number of carbonyl (C=O) groups excluding carboxylic acids is 1. The molecule has 0 spiro atoms. The summed E-state index contributed by atoms with van der Waals surface area (Å²) in [5.41, 5.74) is 1.07. The lowest BCUT2D eigenvalue weighted by molar-refractivity contribution is 0.0528. The molecule has 24 heavy (non-hydrogen) atoms. The lowest BCUT2D eigenvalue weighted by Gasteiger charge is -2.16. The number of esters is 1. The first kappa shape index (κ1) is 17.7. The van der Waals surface area contributed by atoms with Gasteiger partial charge in [0.05, 0.1) is 13.2 Å². The topological polar surface area (TPSA) is 96.4 Å². The number of anilines is 2. The average molecular weight is 330 g/mol. The molecule has 0 unspecified atom stereocenters. The number of carbonyl (C=O) groups is 1. The van der Waals surface area contributed by atoms with Crippen molar-refractivity contribution >= 4 is 17.6 Å². The fourth-order valence-electron chi connectivity index (χ4n) is 2.17. The van der Waals surface area contributed by atoms with Crippen LogP contribution in [0.2, 0.25) is 0 Å². The third kappa shape index (κ3) is 4.20. The lowest BCUT2D eigenvalue weighted by Crippen LogP contribution is -2.18. The fourth-order valence-corrected chi connectivity index (χ4v) is 2.17. The van der Waals surface area contributed by atoms with E-state index in [1.807, 2.05) is 37.3 Å². The van der Waals surface area contributed by atoms with E-state index >= 15 is 0 Å². The minimum absolute atomic E-state index is 0.0799. The van der Waals surface area contributed by atoms with Crippen molar-refractivity contribution in [3.8, 4) is 11.4 Å². The molecule has 0 atom stereocenters.